The highest BCUT2D eigenvalue weighted by Gasteiger charge is 2.34. The van der Waals surface area contributed by atoms with E-state index in [1.54, 1.807) is 0 Å². The molecule has 0 saturated carbocycles. The molecule has 1 saturated heterocycles. The Kier molecular flexibility index (Phi) is 3.87. The van der Waals surface area contributed by atoms with Gasteiger partial charge in [0.2, 0.25) is 0 Å². The molecule has 2 aliphatic rings. The molecular formula is C14H20N2O3. The third kappa shape index (κ3) is 2.68. The van der Waals surface area contributed by atoms with Crippen molar-refractivity contribution in [3.05, 3.63) is 24.3 Å². The average molecular weight is 264 g/mol. The van der Waals surface area contributed by atoms with Crippen molar-refractivity contribution in [3.8, 4) is 11.5 Å². The minimum absolute atomic E-state index is 0.0288. The van der Waals surface area contributed by atoms with Gasteiger partial charge >= 0.3 is 0 Å². The summed E-state index contributed by atoms with van der Waals surface area (Å²) in [7, 11) is 0. The second kappa shape index (κ2) is 5.77. The largest absolute Gasteiger partial charge is 0.486 e. The van der Waals surface area contributed by atoms with Crippen molar-refractivity contribution in [2.24, 2.45) is 5.92 Å². The maximum absolute atomic E-state index is 9.68. The average Bonchev–Trinajstić information content (AvgIpc) is 2.49. The van der Waals surface area contributed by atoms with Gasteiger partial charge in [-0.2, -0.15) is 0 Å². The lowest BCUT2D eigenvalue weighted by Crippen LogP contribution is -2.57. The number of piperazine rings is 1. The third-order valence-electron chi connectivity index (χ3n) is 3.81. The topological polar surface area (TPSA) is 62.8 Å². The maximum atomic E-state index is 9.68. The molecule has 0 radical (unpaired) electrons. The molecule has 1 fully saturated rings. The Bertz CT molecular complexity index is 421. The Morgan fingerprint density at radius 3 is 2.84 bits per heavy atom. The first-order valence-corrected chi connectivity index (χ1v) is 6.82. The monoisotopic (exact) mass is 264 g/mol. The summed E-state index contributed by atoms with van der Waals surface area (Å²) in [5.74, 6) is 1.58. The van der Waals surface area contributed by atoms with Crippen LogP contribution >= 0.6 is 0 Å². The van der Waals surface area contributed by atoms with Crippen LogP contribution < -0.4 is 20.1 Å². The zero-order chi connectivity index (χ0) is 13.1. The first-order chi connectivity index (χ1) is 9.38. The predicted octanol–water partition coefficient (Wildman–Crippen LogP) is -0.00370. The van der Waals surface area contributed by atoms with Gasteiger partial charge in [-0.05, 0) is 12.1 Å². The first kappa shape index (κ1) is 12.7. The number of hydrogen-bond donors (Lipinski definition) is 3. The van der Waals surface area contributed by atoms with Gasteiger partial charge in [0.05, 0.1) is 6.61 Å². The summed E-state index contributed by atoms with van der Waals surface area (Å²) in [6.45, 7) is 3.33. The molecule has 0 bridgehead atoms. The second-order valence-electron chi connectivity index (χ2n) is 5.03. The summed E-state index contributed by atoms with van der Waals surface area (Å²) in [6.07, 6.45) is -0.114. The van der Waals surface area contributed by atoms with Crippen LogP contribution in [0.3, 0.4) is 0 Å². The summed E-state index contributed by atoms with van der Waals surface area (Å²) in [4.78, 5) is 0. The van der Waals surface area contributed by atoms with Crippen LogP contribution in [-0.4, -0.2) is 50.1 Å². The zero-order valence-electron chi connectivity index (χ0n) is 10.8. The number of hydrogen-bond acceptors (Lipinski definition) is 5. The normalized spacial score (nSPS) is 27.8. The Morgan fingerprint density at radius 2 is 2.11 bits per heavy atom. The molecule has 2 heterocycles. The standard InChI is InChI=1S/C14H20N2O3/c17-8-10(11-7-15-5-6-16-11)14-9-18-12-3-1-2-4-13(12)19-14/h1-4,10-11,14-17H,5-9H2. The molecule has 0 aliphatic carbocycles. The molecule has 3 unspecified atom stereocenters. The van der Waals surface area contributed by atoms with E-state index in [1.807, 2.05) is 24.3 Å². The molecule has 0 aromatic heterocycles. The van der Waals surface area contributed by atoms with Gasteiger partial charge in [0.25, 0.3) is 0 Å². The maximum Gasteiger partial charge on any atom is 0.161 e. The van der Waals surface area contributed by atoms with Crippen LogP contribution in [0.1, 0.15) is 0 Å². The van der Waals surface area contributed by atoms with Gasteiger partial charge in [-0.25, -0.2) is 0 Å². The second-order valence-corrected chi connectivity index (χ2v) is 5.03. The van der Waals surface area contributed by atoms with Gasteiger partial charge in [0.15, 0.2) is 11.5 Å². The number of para-hydroxylation sites is 2. The van der Waals surface area contributed by atoms with Crippen molar-refractivity contribution < 1.29 is 14.6 Å². The van der Waals surface area contributed by atoms with E-state index >= 15 is 0 Å². The molecular weight excluding hydrogens is 244 g/mol. The molecule has 0 amide bonds. The van der Waals surface area contributed by atoms with Gasteiger partial charge in [0, 0.05) is 31.6 Å². The Labute approximate surface area is 112 Å². The summed E-state index contributed by atoms with van der Waals surface area (Å²) in [6, 6.07) is 7.89. The van der Waals surface area contributed by atoms with Crippen LogP contribution in [0.4, 0.5) is 0 Å². The van der Waals surface area contributed by atoms with Gasteiger partial charge in [-0.3, -0.25) is 0 Å². The van der Waals surface area contributed by atoms with E-state index in [2.05, 4.69) is 10.6 Å². The van der Waals surface area contributed by atoms with Gasteiger partial charge in [-0.1, -0.05) is 12.1 Å². The summed E-state index contributed by atoms with van der Waals surface area (Å²) in [5, 5.41) is 16.4. The molecule has 3 rings (SSSR count). The number of ether oxygens (including phenoxy) is 2. The predicted molar refractivity (Wildman–Crippen MR) is 71.6 cm³/mol. The lowest BCUT2D eigenvalue weighted by molar-refractivity contribution is 0.00721. The van der Waals surface area contributed by atoms with Crippen LogP contribution in [0.25, 0.3) is 0 Å². The lowest BCUT2D eigenvalue weighted by Gasteiger charge is -2.37. The highest BCUT2D eigenvalue weighted by molar-refractivity contribution is 5.40. The molecule has 2 aliphatic heterocycles. The van der Waals surface area contributed by atoms with E-state index in [4.69, 9.17) is 9.47 Å². The highest BCUT2D eigenvalue weighted by Crippen LogP contribution is 2.33. The third-order valence-corrected chi connectivity index (χ3v) is 3.81. The summed E-state index contributed by atoms with van der Waals surface area (Å²) >= 11 is 0. The van der Waals surface area contributed by atoms with Crippen molar-refractivity contribution in [3.63, 3.8) is 0 Å². The molecule has 5 nitrogen and oxygen atoms in total. The van der Waals surface area contributed by atoms with Crippen molar-refractivity contribution in [2.75, 3.05) is 32.8 Å². The van der Waals surface area contributed by atoms with E-state index in [1.165, 1.54) is 0 Å². The molecule has 19 heavy (non-hydrogen) atoms. The van der Waals surface area contributed by atoms with Gasteiger partial charge in [0.1, 0.15) is 12.7 Å². The summed E-state index contributed by atoms with van der Waals surface area (Å²) < 4.78 is 11.7. The van der Waals surface area contributed by atoms with Crippen LogP contribution in [0.15, 0.2) is 24.3 Å². The molecule has 0 spiro atoms. The molecule has 1 aromatic rings. The minimum Gasteiger partial charge on any atom is -0.486 e. The molecule has 1 aromatic carbocycles. The molecule has 104 valence electrons. The Morgan fingerprint density at radius 1 is 1.26 bits per heavy atom. The Hall–Kier alpha value is -1.30. The van der Waals surface area contributed by atoms with E-state index in [-0.39, 0.29) is 24.7 Å². The molecule has 3 atom stereocenters. The highest BCUT2D eigenvalue weighted by atomic mass is 16.6. The van der Waals surface area contributed by atoms with Crippen LogP contribution in [0.5, 0.6) is 11.5 Å². The molecule has 5 heteroatoms. The SMILES string of the molecule is OCC(C1CNCCN1)C1COc2ccccc2O1. The van der Waals surface area contributed by atoms with E-state index in [0.717, 1.165) is 31.1 Å². The number of nitrogens with one attached hydrogen (secondary N) is 2. The number of aliphatic hydroxyl groups excluding tert-OH is 1. The quantitative estimate of drug-likeness (QED) is 0.717. The van der Waals surface area contributed by atoms with Crippen LogP contribution in [-0.2, 0) is 0 Å². The Balaban J connectivity index is 1.71. The smallest absolute Gasteiger partial charge is 0.161 e. The zero-order valence-corrected chi connectivity index (χ0v) is 10.8. The minimum atomic E-state index is -0.114. The fraction of sp³-hybridized carbons (Fsp3) is 0.571. The van der Waals surface area contributed by atoms with Gasteiger partial charge < -0.3 is 25.2 Å². The van der Waals surface area contributed by atoms with Crippen molar-refractivity contribution in [2.45, 2.75) is 12.1 Å². The van der Waals surface area contributed by atoms with Crippen LogP contribution in [0, 0.1) is 5.92 Å². The van der Waals surface area contributed by atoms with Crippen molar-refractivity contribution >= 4 is 0 Å². The van der Waals surface area contributed by atoms with Crippen LogP contribution in [0.2, 0.25) is 0 Å². The number of aliphatic hydroxyl groups is 1. The number of fused-ring (bicyclic) bond motifs is 1. The van der Waals surface area contributed by atoms with Gasteiger partial charge in [-0.15, -0.1) is 0 Å². The number of rotatable bonds is 3. The molecule has 3 N–H and O–H groups in total. The van der Waals surface area contributed by atoms with E-state index in [9.17, 15) is 5.11 Å². The number of benzene rings is 1. The van der Waals surface area contributed by atoms with Crippen molar-refractivity contribution in [1.82, 2.24) is 10.6 Å². The summed E-state index contributed by atoms with van der Waals surface area (Å²) in [5.41, 5.74) is 0. The fourth-order valence-corrected chi connectivity index (χ4v) is 2.73. The van der Waals surface area contributed by atoms with E-state index in [0.29, 0.717) is 6.61 Å². The van der Waals surface area contributed by atoms with E-state index < -0.39 is 0 Å². The first-order valence-electron chi connectivity index (χ1n) is 6.82. The van der Waals surface area contributed by atoms with Crippen molar-refractivity contribution in [1.29, 1.82) is 0 Å². The lowest BCUT2D eigenvalue weighted by atomic mass is 9.93. The fourth-order valence-electron chi connectivity index (χ4n) is 2.73.